The van der Waals surface area contributed by atoms with Crippen LogP contribution in [0.3, 0.4) is 0 Å². The smallest absolute Gasteiger partial charge is 0.338 e. The van der Waals surface area contributed by atoms with Crippen LogP contribution in [0, 0.1) is 13.7 Å². The Morgan fingerprint density at radius 2 is 2.42 bits per heavy atom. The molecule has 0 aliphatic heterocycles. The summed E-state index contributed by atoms with van der Waals surface area (Å²) < 4.78 is 61.7. The number of methoxy groups -OCH3 is 1. The summed E-state index contributed by atoms with van der Waals surface area (Å²) in [6.45, 7) is -5.22. The fourth-order valence-electron chi connectivity index (χ4n) is 0.786. The first-order chi connectivity index (χ1) is 8.93. The monoisotopic (exact) mass is 172 g/mol. The summed E-state index contributed by atoms with van der Waals surface area (Å²) in [6, 6.07) is 3.02. The van der Waals surface area contributed by atoms with E-state index in [1.54, 1.807) is 0 Å². The molecule has 0 aliphatic carbocycles. The molecule has 12 heavy (non-hydrogen) atoms. The molecule has 1 aromatic rings. The predicted molar refractivity (Wildman–Crippen MR) is 47.3 cm³/mol. The van der Waals surface area contributed by atoms with Gasteiger partial charge >= 0.3 is 5.97 Å². The molecule has 2 heteroatoms. The van der Waals surface area contributed by atoms with Crippen molar-refractivity contribution in [1.29, 1.82) is 0 Å². The van der Waals surface area contributed by atoms with Crippen LogP contribution < -0.4 is 0 Å². The normalized spacial score (nSPS) is 21.8. The number of rotatable bonds is 1. The van der Waals surface area contributed by atoms with E-state index in [9.17, 15) is 4.79 Å². The van der Waals surface area contributed by atoms with Gasteiger partial charge in [0.2, 0.25) is 0 Å². The molecule has 0 unspecified atom stereocenters. The number of ether oxygens (including phenoxy) is 1. The Kier molecular flexibility index (Phi) is 0.812. The van der Waals surface area contributed by atoms with Crippen LogP contribution in [0.25, 0.3) is 0 Å². The number of hydrogen-bond donors (Lipinski definition) is 0. The van der Waals surface area contributed by atoms with Crippen molar-refractivity contribution in [3.63, 3.8) is 0 Å². The molecule has 0 amide bonds. The average Bonchev–Trinajstić information content (AvgIpc) is 2.24. The first kappa shape index (κ1) is 2.87. The summed E-state index contributed by atoms with van der Waals surface area (Å²) in [6.07, 6.45) is 0. The van der Waals surface area contributed by atoms with E-state index in [1.165, 1.54) is 0 Å². The molecule has 0 saturated heterocycles. The highest BCUT2D eigenvalue weighted by atomic mass is 16.5. The molecule has 0 bridgehead atoms. The first-order valence-corrected chi connectivity index (χ1v) is 3.13. The van der Waals surface area contributed by atoms with E-state index in [0.717, 1.165) is 18.2 Å². The number of carbonyl (C=O) groups excluding carboxylic acids is 1. The van der Waals surface area contributed by atoms with E-state index in [4.69, 9.17) is 11.0 Å². The fraction of sp³-hybridized carbons (Fsp3) is 0.300. The second kappa shape index (κ2) is 3.39. The molecule has 0 aliphatic rings. The predicted octanol–water partition coefficient (Wildman–Crippen LogP) is 2.09. The Morgan fingerprint density at radius 3 is 3.08 bits per heavy atom. The van der Waals surface area contributed by atoms with Gasteiger partial charge < -0.3 is 4.74 Å². The van der Waals surface area contributed by atoms with Gasteiger partial charge in [-0.25, -0.2) is 4.79 Å². The molecule has 0 radical (unpaired) electrons. The van der Waals surface area contributed by atoms with Crippen molar-refractivity contribution in [2.75, 3.05) is 7.06 Å². The molecule has 2 nitrogen and oxygen atoms in total. The number of benzene rings is 1. The Hall–Kier alpha value is -1.31. The average molecular weight is 172 g/mol. The Morgan fingerprint density at radius 1 is 1.50 bits per heavy atom. The molecule has 0 saturated carbocycles. The van der Waals surface area contributed by atoms with Crippen molar-refractivity contribution in [2.24, 2.45) is 0 Å². The lowest BCUT2D eigenvalue weighted by Crippen LogP contribution is -2.03. The zero-order valence-electron chi connectivity index (χ0n) is 14.1. The molecular weight excluding hydrogens is 152 g/mol. The number of hydrogen-bond acceptors (Lipinski definition) is 2. The third kappa shape index (κ3) is 1.64. The van der Waals surface area contributed by atoms with Gasteiger partial charge in [0.05, 0.1) is 15.4 Å². The standard InChI is InChI=1S/C10H12O2/c1-7-4-5-9(8(2)6-7)10(11)12-3/h4-6H,1-3H3/i1D3,2D3,3D2. The Bertz CT molecular complexity index is 503. The molecule has 0 spiro atoms. The van der Waals surface area contributed by atoms with Gasteiger partial charge in [-0.3, -0.25) is 0 Å². The SMILES string of the molecule is [2H]C([2H])OC(=O)c1ccc(C([2H])([2H])[2H])cc1C([2H])([2H])[2H]. The lowest BCUT2D eigenvalue weighted by atomic mass is 10.1. The van der Waals surface area contributed by atoms with Crippen LogP contribution in [0.2, 0.25) is 0 Å². The highest BCUT2D eigenvalue weighted by molar-refractivity contribution is 5.90. The van der Waals surface area contributed by atoms with E-state index >= 15 is 0 Å². The Labute approximate surface area is 83.4 Å². The quantitative estimate of drug-likeness (QED) is 0.606. The van der Waals surface area contributed by atoms with Gasteiger partial charge in [0.1, 0.15) is 0 Å². The van der Waals surface area contributed by atoms with Crippen LogP contribution in [-0.4, -0.2) is 13.0 Å². The van der Waals surface area contributed by atoms with E-state index in [1.807, 2.05) is 0 Å². The first-order valence-electron chi connectivity index (χ1n) is 7.29. The maximum Gasteiger partial charge on any atom is 0.338 e. The molecular formula is C10H12O2. The third-order valence-electron chi connectivity index (χ3n) is 1.35. The summed E-state index contributed by atoms with van der Waals surface area (Å²) in [5, 5.41) is 0. The largest absolute Gasteiger partial charge is 0.465 e. The van der Waals surface area contributed by atoms with Crippen molar-refractivity contribution >= 4 is 5.97 Å². The number of esters is 1. The second-order valence-electron chi connectivity index (χ2n) is 2.17. The van der Waals surface area contributed by atoms with Gasteiger partial charge in [0.25, 0.3) is 0 Å². The molecule has 64 valence electrons. The van der Waals surface area contributed by atoms with Gasteiger partial charge in [0.15, 0.2) is 0 Å². The van der Waals surface area contributed by atoms with Crippen LogP contribution in [-0.2, 0) is 4.74 Å². The number of carbonyl (C=O) groups is 1. The van der Waals surface area contributed by atoms with E-state index in [-0.39, 0.29) is 11.1 Å². The van der Waals surface area contributed by atoms with E-state index < -0.39 is 32.3 Å². The molecule has 0 N–H and O–H groups in total. The minimum Gasteiger partial charge on any atom is -0.465 e. The lowest BCUT2D eigenvalue weighted by molar-refractivity contribution is 0.0600. The second-order valence-corrected chi connectivity index (χ2v) is 2.17. The highest BCUT2D eigenvalue weighted by Gasteiger charge is 2.07. The van der Waals surface area contributed by atoms with Crippen molar-refractivity contribution in [2.45, 2.75) is 13.7 Å². The topological polar surface area (TPSA) is 26.3 Å². The summed E-state index contributed by atoms with van der Waals surface area (Å²) >= 11 is 0. The summed E-state index contributed by atoms with van der Waals surface area (Å²) in [5.74, 6) is -1.15. The summed E-state index contributed by atoms with van der Waals surface area (Å²) in [5.41, 5.74) is -1.06. The molecule has 1 rings (SSSR count). The molecule has 1 aromatic carbocycles. The van der Waals surface area contributed by atoms with Gasteiger partial charge in [-0.1, -0.05) is 17.7 Å². The van der Waals surface area contributed by atoms with Crippen molar-refractivity contribution in [1.82, 2.24) is 0 Å². The van der Waals surface area contributed by atoms with Gasteiger partial charge in [-0.15, -0.1) is 0 Å². The summed E-state index contributed by atoms with van der Waals surface area (Å²) in [4.78, 5) is 11.6. The minimum absolute atomic E-state index is 0.214. The molecule has 0 atom stereocenters. The van der Waals surface area contributed by atoms with Crippen LogP contribution >= 0.6 is 0 Å². The van der Waals surface area contributed by atoms with Crippen LogP contribution in [0.1, 0.15) is 32.5 Å². The fourth-order valence-corrected chi connectivity index (χ4v) is 0.786. The van der Waals surface area contributed by atoms with Gasteiger partial charge in [-0.2, -0.15) is 0 Å². The highest BCUT2D eigenvalue weighted by Crippen LogP contribution is 2.10. The van der Waals surface area contributed by atoms with Crippen LogP contribution in [0.4, 0.5) is 0 Å². The van der Waals surface area contributed by atoms with Gasteiger partial charge in [0, 0.05) is 8.22 Å². The van der Waals surface area contributed by atoms with Crippen molar-refractivity contribution in [3.05, 3.63) is 34.9 Å². The van der Waals surface area contributed by atoms with Crippen molar-refractivity contribution in [3.8, 4) is 0 Å². The van der Waals surface area contributed by atoms with E-state index in [0.29, 0.717) is 0 Å². The third-order valence-corrected chi connectivity index (χ3v) is 1.35. The van der Waals surface area contributed by atoms with Gasteiger partial charge in [-0.05, 0) is 25.3 Å². The molecule has 0 heterocycles. The zero-order valence-corrected chi connectivity index (χ0v) is 6.13. The molecule has 0 fully saturated rings. The summed E-state index contributed by atoms with van der Waals surface area (Å²) in [7, 11) is -1.89. The van der Waals surface area contributed by atoms with Crippen LogP contribution in [0.5, 0.6) is 0 Å². The molecule has 0 aromatic heterocycles. The van der Waals surface area contributed by atoms with Crippen LogP contribution in [0.15, 0.2) is 18.2 Å². The van der Waals surface area contributed by atoms with E-state index in [2.05, 4.69) is 4.74 Å². The maximum atomic E-state index is 11.6. The Balaban J connectivity index is 3.36. The number of aryl methyl sites for hydroxylation is 2. The minimum atomic E-state index is -2.71. The van der Waals surface area contributed by atoms with Crippen molar-refractivity contribution < 1.29 is 20.5 Å². The maximum absolute atomic E-state index is 11.6. The lowest BCUT2D eigenvalue weighted by Gasteiger charge is -2.03. The zero-order chi connectivity index (χ0) is 15.7.